The minimum Gasteiger partial charge on any atom is -0.481 e. The molecule has 0 heterocycles. The number of hydrogen-bond acceptors (Lipinski definition) is 2. The number of aliphatic carboxylic acids is 1. The molecular weight excluding hydrogens is 218 g/mol. The lowest BCUT2D eigenvalue weighted by Crippen LogP contribution is -2.35. The van der Waals surface area contributed by atoms with Crippen LogP contribution in [0, 0.1) is 5.92 Å². The van der Waals surface area contributed by atoms with Crippen molar-refractivity contribution < 1.29 is 14.7 Å². The Bertz CT molecular complexity index is 319. The van der Waals surface area contributed by atoms with Crippen LogP contribution in [0.15, 0.2) is 11.6 Å². The standard InChI is InChI=1S/C13H21NO3/c1-3-4-11(8-13(16)17)14-12(15)7-9(2)10-5-6-10/h7,10-11H,3-6,8H2,1-2H3,(H,14,15)(H,16,17)/b9-7-. The first-order valence-corrected chi connectivity index (χ1v) is 6.23. The number of rotatable bonds is 7. The van der Waals surface area contributed by atoms with E-state index in [1.807, 2.05) is 13.8 Å². The van der Waals surface area contributed by atoms with E-state index in [1.165, 1.54) is 12.8 Å². The Hall–Kier alpha value is -1.32. The molecule has 17 heavy (non-hydrogen) atoms. The van der Waals surface area contributed by atoms with Crippen molar-refractivity contribution in [1.29, 1.82) is 0 Å². The molecule has 1 aliphatic carbocycles. The van der Waals surface area contributed by atoms with E-state index < -0.39 is 5.97 Å². The Labute approximate surface area is 102 Å². The second-order valence-corrected chi connectivity index (χ2v) is 4.75. The SMILES string of the molecule is CCCC(CC(=O)O)NC(=O)/C=C(/C)C1CC1. The monoisotopic (exact) mass is 239 g/mol. The van der Waals surface area contributed by atoms with Crippen LogP contribution in [0.4, 0.5) is 0 Å². The van der Waals surface area contributed by atoms with Gasteiger partial charge in [0.15, 0.2) is 0 Å². The largest absolute Gasteiger partial charge is 0.481 e. The maximum absolute atomic E-state index is 11.7. The van der Waals surface area contributed by atoms with Crippen LogP contribution < -0.4 is 5.32 Å². The predicted octanol–water partition coefficient (Wildman–Crippen LogP) is 2.10. The second-order valence-electron chi connectivity index (χ2n) is 4.75. The van der Waals surface area contributed by atoms with Crippen LogP contribution in [-0.2, 0) is 9.59 Å². The smallest absolute Gasteiger partial charge is 0.305 e. The van der Waals surface area contributed by atoms with Crippen LogP contribution >= 0.6 is 0 Å². The van der Waals surface area contributed by atoms with Gasteiger partial charge in [-0.3, -0.25) is 9.59 Å². The number of carboxylic acids is 1. The van der Waals surface area contributed by atoms with Gasteiger partial charge in [0.2, 0.25) is 5.91 Å². The summed E-state index contributed by atoms with van der Waals surface area (Å²) in [5, 5.41) is 11.5. The maximum atomic E-state index is 11.7. The van der Waals surface area contributed by atoms with Crippen LogP contribution in [-0.4, -0.2) is 23.0 Å². The average molecular weight is 239 g/mol. The van der Waals surface area contributed by atoms with E-state index in [0.29, 0.717) is 12.3 Å². The fourth-order valence-electron chi connectivity index (χ4n) is 1.89. The number of allylic oxidation sites excluding steroid dienone is 1. The van der Waals surface area contributed by atoms with Gasteiger partial charge >= 0.3 is 5.97 Å². The molecule has 1 rings (SSSR count). The molecule has 1 aliphatic rings. The molecule has 0 aromatic carbocycles. The topological polar surface area (TPSA) is 66.4 Å². The summed E-state index contributed by atoms with van der Waals surface area (Å²) in [5.74, 6) is -0.453. The van der Waals surface area contributed by atoms with E-state index in [1.54, 1.807) is 6.08 Å². The number of nitrogens with one attached hydrogen (secondary N) is 1. The molecule has 1 atom stereocenters. The molecule has 0 aromatic rings. The van der Waals surface area contributed by atoms with E-state index in [9.17, 15) is 9.59 Å². The molecule has 96 valence electrons. The van der Waals surface area contributed by atoms with Gasteiger partial charge in [-0.2, -0.15) is 0 Å². The van der Waals surface area contributed by atoms with Crippen molar-refractivity contribution in [2.24, 2.45) is 5.92 Å². The van der Waals surface area contributed by atoms with Gasteiger partial charge in [0, 0.05) is 12.1 Å². The highest BCUT2D eigenvalue weighted by atomic mass is 16.4. The molecule has 1 saturated carbocycles. The maximum Gasteiger partial charge on any atom is 0.305 e. The van der Waals surface area contributed by atoms with Crippen LogP contribution in [0.2, 0.25) is 0 Å². The zero-order valence-electron chi connectivity index (χ0n) is 10.5. The first-order valence-electron chi connectivity index (χ1n) is 6.23. The molecule has 0 spiro atoms. The summed E-state index contributed by atoms with van der Waals surface area (Å²) < 4.78 is 0. The van der Waals surface area contributed by atoms with Gasteiger partial charge in [0.05, 0.1) is 6.42 Å². The Morgan fingerprint density at radius 1 is 1.47 bits per heavy atom. The number of hydrogen-bond donors (Lipinski definition) is 2. The van der Waals surface area contributed by atoms with Gasteiger partial charge in [-0.05, 0) is 32.1 Å². The molecule has 0 radical (unpaired) electrons. The van der Waals surface area contributed by atoms with Crippen molar-refractivity contribution >= 4 is 11.9 Å². The Morgan fingerprint density at radius 2 is 2.12 bits per heavy atom. The van der Waals surface area contributed by atoms with E-state index in [2.05, 4.69) is 5.32 Å². The summed E-state index contributed by atoms with van der Waals surface area (Å²) in [6.07, 6.45) is 5.52. The van der Waals surface area contributed by atoms with E-state index in [0.717, 1.165) is 12.0 Å². The molecule has 0 aliphatic heterocycles. The van der Waals surface area contributed by atoms with E-state index in [-0.39, 0.29) is 18.4 Å². The van der Waals surface area contributed by atoms with Crippen molar-refractivity contribution in [3.8, 4) is 0 Å². The third kappa shape index (κ3) is 5.52. The number of carbonyl (C=O) groups is 2. The third-order valence-corrected chi connectivity index (χ3v) is 2.98. The van der Waals surface area contributed by atoms with Gasteiger partial charge in [-0.1, -0.05) is 18.9 Å². The zero-order valence-corrected chi connectivity index (χ0v) is 10.5. The lowest BCUT2D eigenvalue weighted by atomic mass is 10.1. The normalized spacial score (nSPS) is 17.6. The molecule has 2 N–H and O–H groups in total. The highest BCUT2D eigenvalue weighted by Crippen LogP contribution is 2.35. The summed E-state index contributed by atoms with van der Waals surface area (Å²) in [6.45, 7) is 3.94. The highest BCUT2D eigenvalue weighted by molar-refractivity contribution is 5.88. The van der Waals surface area contributed by atoms with Crippen LogP contribution in [0.3, 0.4) is 0 Å². The lowest BCUT2D eigenvalue weighted by molar-refractivity contribution is -0.137. The molecule has 0 aromatic heterocycles. The molecule has 1 amide bonds. The number of carboxylic acid groups (broad SMARTS) is 1. The van der Waals surface area contributed by atoms with Crippen molar-refractivity contribution in [3.05, 3.63) is 11.6 Å². The van der Waals surface area contributed by atoms with E-state index in [4.69, 9.17) is 5.11 Å². The average Bonchev–Trinajstić information content (AvgIpc) is 2.99. The number of carbonyl (C=O) groups excluding carboxylic acids is 1. The van der Waals surface area contributed by atoms with Crippen LogP contribution in [0.25, 0.3) is 0 Å². The zero-order chi connectivity index (χ0) is 12.8. The molecule has 1 unspecified atom stereocenters. The summed E-state index contributed by atoms with van der Waals surface area (Å²) in [6, 6.07) is -0.256. The minimum absolute atomic E-state index is 0.00407. The fraction of sp³-hybridized carbons (Fsp3) is 0.692. The first kappa shape index (κ1) is 13.7. The quantitative estimate of drug-likeness (QED) is 0.669. The van der Waals surface area contributed by atoms with Gasteiger partial charge in [-0.25, -0.2) is 0 Å². The fourth-order valence-corrected chi connectivity index (χ4v) is 1.89. The highest BCUT2D eigenvalue weighted by Gasteiger charge is 2.23. The summed E-state index contributed by atoms with van der Waals surface area (Å²) in [5.41, 5.74) is 1.10. The molecule has 0 saturated heterocycles. The molecule has 4 nitrogen and oxygen atoms in total. The molecule has 1 fully saturated rings. The molecular formula is C13H21NO3. The van der Waals surface area contributed by atoms with Gasteiger partial charge in [0.25, 0.3) is 0 Å². The Kier molecular flexibility index (Phi) is 5.19. The Balaban J connectivity index is 2.44. The van der Waals surface area contributed by atoms with E-state index >= 15 is 0 Å². The Morgan fingerprint density at radius 3 is 2.59 bits per heavy atom. The van der Waals surface area contributed by atoms with Crippen LogP contribution in [0.5, 0.6) is 0 Å². The van der Waals surface area contributed by atoms with Gasteiger partial charge in [0.1, 0.15) is 0 Å². The summed E-state index contributed by atoms with van der Waals surface area (Å²) >= 11 is 0. The van der Waals surface area contributed by atoms with Crippen LogP contribution in [0.1, 0.15) is 46.0 Å². The van der Waals surface area contributed by atoms with Crippen molar-refractivity contribution in [2.75, 3.05) is 0 Å². The predicted molar refractivity (Wildman–Crippen MR) is 65.6 cm³/mol. The van der Waals surface area contributed by atoms with Crippen molar-refractivity contribution in [3.63, 3.8) is 0 Å². The summed E-state index contributed by atoms with van der Waals surface area (Å²) in [7, 11) is 0. The number of amides is 1. The lowest BCUT2D eigenvalue weighted by Gasteiger charge is -2.14. The van der Waals surface area contributed by atoms with Gasteiger partial charge < -0.3 is 10.4 Å². The second kappa shape index (κ2) is 6.42. The van der Waals surface area contributed by atoms with Crippen molar-refractivity contribution in [2.45, 2.75) is 52.0 Å². The van der Waals surface area contributed by atoms with Crippen molar-refractivity contribution in [1.82, 2.24) is 5.32 Å². The summed E-state index contributed by atoms with van der Waals surface area (Å²) in [4.78, 5) is 22.3. The third-order valence-electron chi connectivity index (χ3n) is 2.98. The minimum atomic E-state index is -0.869. The molecule has 0 bridgehead atoms. The molecule has 4 heteroatoms. The first-order chi connectivity index (χ1) is 8.02. The van der Waals surface area contributed by atoms with Gasteiger partial charge in [-0.15, -0.1) is 0 Å².